The molecule has 1 aromatic carbocycles. The quantitative estimate of drug-likeness (QED) is 0.709. The van der Waals surface area contributed by atoms with Crippen LogP contribution < -0.4 is 0 Å². The first-order valence-corrected chi connectivity index (χ1v) is 8.40. The Morgan fingerprint density at radius 3 is 2.70 bits per heavy atom. The first-order chi connectivity index (χ1) is 11.0. The lowest BCUT2D eigenvalue weighted by atomic mass is 10.1. The van der Waals surface area contributed by atoms with Gasteiger partial charge in [0.2, 0.25) is 16.9 Å². The van der Waals surface area contributed by atoms with Crippen LogP contribution in [0.2, 0.25) is 0 Å². The van der Waals surface area contributed by atoms with Gasteiger partial charge in [-0.3, -0.25) is 5.10 Å². The maximum absolute atomic E-state index is 5.80. The van der Waals surface area contributed by atoms with Crippen LogP contribution in [-0.2, 0) is 0 Å². The number of nitrogens with one attached hydrogen (secondary N) is 1. The number of rotatable bonds is 5. The van der Waals surface area contributed by atoms with Gasteiger partial charge in [-0.2, -0.15) is 0 Å². The lowest BCUT2D eigenvalue weighted by molar-refractivity contribution is 0.509. The zero-order chi connectivity index (χ0) is 16.4. The Balaban J connectivity index is 1.74. The van der Waals surface area contributed by atoms with E-state index in [4.69, 9.17) is 4.42 Å². The highest BCUT2D eigenvalue weighted by molar-refractivity contribution is 7.99. The second-order valence-electron chi connectivity index (χ2n) is 5.73. The summed E-state index contributed by atoms with van der Waals surface area (Å²) in [5, 5.41) is 16.1. The zero-order valence-electron chi connectivity index (χ0n) is 13.6. The summed E-state index contributed by atoms with van der Waals surface area (Å²) in [7, 11) is 0. The fraction of sp³-hybridized carbons (Fsp3) is 0.375. The molecule has 0 aliphatic carbocycles. The molecule has 0 amide bonds. The van der Waals surface area contributed by atoms with E-state index in [1.165, 1.54) is 11.8 Å². The summed E-state index contributed by atoms with van der Waals surface area (Å²) < 4.78 is 5.80. The molecule has 23 heavy (non-hydrogen) atoms. The molecule has 0 saturated carbocycles. The Hall–Kier alpha value is -2.15. The molecule has 2 heterocycles. The lowest BCUT2D eigenvalue weighted by Gasteiger charge is -2.02. The predicted molar refractivity (Wildman–Crippen MR) is 89.2 cm³/mol. The lowest BCUT2D eigenvalue weighted by Crippen LogP contribution is -1.91. The molecule has 0 radical (unpaired) electrons. The maximum atomic E-state index is 5.80. The number of hydrogen-bond donors (Lipinski definition) is 1. The molecule has 0 aliphatic rings. The fourth-order valence-electron chi connectivity index (χ4n) is 2.07. The third-order valence-electron chi connectivity index (χ3n) is 3.36. The number of hydrogen-bond acceptors (Lipinski definition) is 6. The van der Waals surface area contributed by atoms with Gasteiger partial charge in [0.05, 0.1) is 5.25 Å². The molecule has 120 valence electrons. The van der Waals surface area contributed by atoms with Gasteiger partial charge < -0.3 is 4.42 Å². The molecule has 0 fully saturated rings. The van der Waals surface area contributed by atoms with Crippen LogP contribution in [-0.4, -0.2) is 25.4 Å². The summed E-state index contributed by atoms with van der Waals surface area (Å²) in [5.74, 6) is 2.31. The molecule has 1 atom stereocenters. The maximum Gasteiger partial charge on any atom is 0.247 e. The van der Waals surface area contributed by atoms with E-state index in [-0.39, 0.29) is 5.25 Å². The van der Waals surface area contributed by atoms with E-state index in [1.807, 2.05) is 38.1 Å². The van der Waals surface area contributed by atoms with Gasteiger partial charge in [0.25, 0.3) is 0 Å². The van der Waals surface area contributed by atoms with Gasteiger partial charge in [0.1, 0.15) is 5.82 Å². The molecule has 6 nitrogen and oxygen atoms in total. The molecule has 7 heteroatoms. The van der Waals surface area contributed by atoms with Crippen LogP contribution in [0.5, 0.6) is 0 Å². The number of nitrogens with zero attached hydrogens (tertiary/aromatic N) is 4. The van der Waals surface area contributed by atoms with E-state index >= 15 is 0 Å². The largest absolute Gasteiger partial charge is 0.419 e. The van der Waals surface area contributed by atoms with Gasteiger partial charge in [-0.25, -0.2) is 4.98 Å². The van der Waals surface area contributed by atoms with Gasteiger partial charge in [-0.05, 0) is 26.0 Å². The average Bonchev–Trinajstić information content (AvgIpc) is 3.16. The Morgan fingerprint density at radius 1 is 1.17 bits per heavy atom. The van der Waals surface area contributed by atoms with Crippen molar-refractivity contribution in [3.05, 3.63) is 41.5 Å². The first kappa shape index (κ1) is 15.7. The van der Waals surface area contributed by atoms with Crippen molar-refractivity contribution in [2.75, 3.05) is 0 Å². The van der Waals surface area contributed by atoms with Crippen molar-refractivity contribution in [1.29, 1.82) is 0 Å². The standard InChI is InChI=1S/C16H19N5OS/c1-9(2)13-17-16(21-18-13)23-11(4)14-19-20-15(22-14)12-7-5-6-10(3)8-12/h5-9,11H,1-4H3,(H,17,18,21)/t11-/m0/s1. The van der Waals surface area contributed by atoms with E-state index in [0.717, 1.165) is 17.0 Å². The first-order valence-electron chi connectivity index (χ1n) is 7.52. The number of benzene rings is 1. The molecule has 0 saturated heterocycles. The van der Waals surface area contributed by atoms with Crippen LogP contribution in [0.15, 0.2) is 33.8 Å². The molecule has 3 aromatic rings. The van der Waals surface area contributed by atoms with E-state index in [0.29, 0.717) is 22.9 Å². The van der Waals surface area contributed by atoms with Crippen LogP contribution in [0.4, 0.5) is 0 Å². The highest BCUT2D eigenvalue weighted by Gasteiger charge is 2.19. The third kappa shape index (κ3) is 3.61. The Morgan fingerprint density at radius 2 is 2.00 bits per heavy atom. The van der Waals surface area contributed by atoms with Crippen molar-refractivity contribution >= 4 is 11.8 Å². The molecular formula is C16H19N5OS. The molecule has 0 unspecified atom stereocenters. The second-order valence-corrected chi connectivity index (χ2v) is 7.04. The average molecular weight is 329 g/mol. The monoisotopic (exact) mass is 329 g/mol. The minimum absolute atomic E-state index is 0.0168. The third-order valence-corrected chi connectivity index (χ3v) is 4.31. The molecule has 0 bridgehead atoms. The summed E-state index contributed by atoms with van der Waals surface area (Å²) in [5.41, 5.74) is 2.09. The fourth-order valence-corrected chi connectivity index (χ4v) is 2.83. The van der Waals surface area contributed by atoms with Gasteiger partial charge in [-0.15, -0.1) is 15.3 Å². The Kier molecular flexibility index (Phi) is 4.47. The topological polar surface area (TPSA) is 80.5 Å². The normalized spacial score (nSPS) is 12.7. The number of H-pyrrole nitrogens is 1. The van der Waals surface area contributed by atoms with Crippen LogP contribution in [0.1, 0.15) is 49.2 Å². The highest BCUT2D eigenvalue weighted by Crippen LogP contribution is 2.33. The van der Waals surface area contributed by atoms with E-state index < -0.39 is 0 Å². The molecule has 3 rings (SSSR count). The van der Waals surface area contributed by atoms with Gasteiger partial charge in [0.15, 0.2) is 0 Å². The SMILES string of the molecule is Cc1cccc(-c2nnc([C@H](C)Sc3n[nH]c(C(C)C)n3)o2)c1. The molecule has 0 aliphatic heterocycles. The van der Waals surface area contributed by atoms with Crippen molar-refractivity contribution in [3.63, 3.8) is 0 Å². The number of thioether (sulfide) groups is 1. The summed E-state index contributed by atoms with van der Waals surface area (Å²) in [4.78, 5) is 4.46. The summed E-state index contributed by atoms with van der Waals surface area (Å²) >= 11 is 1.50. The molecular weight excluding hydrogens is 310 g/mol. The van der Waals surface area contributed by atoms with Crippen molar-refractivity contribution < 1.29 is 4.42 Å². The zero-order valence-corrected chi connectivity index (χ0v) is 14.4. The van der Waals surface area contributed by atoms with Crippen LogP contribution in [0.25, 0.3) is 11.5 Å². The Bertz CT molecular complexity index is 795. The van der Waals surface area contributed by atoms with E-state index in [9.17, 15) is 0 Å². The van der Waals surface area contributed by atoms with Crippen LogP contribution in [0, 0.1) is 6.92 Å². The molecule has 2 aromatic heterocycles. The number of aromatic nitrogens is 5. The number of aromatic amines is 1. The van der Waals surface area contributed by atoms with Crippen molar-refractivity contribution in [1.82, 2.24) is 25.4 Å². The van der Waals surface area contributed by atoms with Gasteiger partial charge in [0, 0.05) is 11.5 Å². The van der Waals surface area contributed by atoms with E-state index in [1.54, 1.807) is 0 Å². The summed E-state index contributed by atoms with van der Waals surface area (Å²) in [6.45, 7) is 8.19. The summed E-state index contributed by atoms with van der Waals surface area (Å²) in [6, 6.07) is 8.01. The minimum atomic E-state index is -0.0168. The smallest absolute Gasteiger partial charge is 0.247 e. The van der Waals surface area contributed by atoms with E-state index in [2.05, 4.69) is 39.2 Å². The van der Waals surface area contributed by atoms with Crippen molar-refractivity contribution in [2.24, 2.45) is 0 Å². The van der Waals surface area contributed by atoms with Gasteiger partial charge >= 0.3 is 0 Å². The second kappa shape index (κ2) is 6.54. The van der Waals surface area contributed by atoms with Crippen molar-refractivity contribution in [3.8, 4) is 11.5 Å². The van der Waals surface area contributed by atoms with Gasteiger partial charge in [-0.1, -0.05) is 43.3 Å². The highest BCUT2D eigenvalue weighted by atomic mass is 32.2. The van der Waals surface area contributed by atoms with Crippen LogP contribution in [0.3, 0.4) is 0 Å². The minimum Gasteiger partial charge on any atom is -0.419 e. The van der Waals surface area contributed by atoms with Crippen LogP contribution >= 0.6 is 11.8 Å². The Labute approximate surface area is 139 Å². The molecule has 1 N–H and O–H groups in total. The predicted octanol–water partition coefficient (Wildman–Crippen LogP) is 4.14. The molecule has 0 spiro atoms. The number of aryl methyl sites for hydroxylation is 1. The summed E-state index contributed by atoms with van der Waals surface area (Å²) in [6.07, 6.45) is 0. The van der Waals surface area contributed by atoms with Crippen molar-refractivity contribution in [2.45, 2.75) is 44.0 Å².